The Kier molecular flexibility index (Phi) is 2.78. The lowest BCUT2D eigenvalue weighted by molar-refractivity contribution is 0.469. The van der Waals surface area contributed by atoms with Crippen LogP contribution >= 0.6 is 0 Å². The number of nitrogens with zero attached hydrogens (tertiary/aromatic N) is 2. The van der Waals surface area contributed by atoms with E-state index < -0.39 is 0 Å². The van der Waals surface area contributed by atoms with Crippen molar-refractivity contribution in [2.75, 3.05) is 5.32 Å². The molecule has 1 aromatic heterocycles. The van der Waals surface area contributed by atoms with Crippen molar-refractivity contribution in [3.05, 3.63) is 48.4 Å². The Labute approximate surface area is 87.6 Å². The molecule has 0 saturated heterocycles. The summed E-state index contributed by atoms with van der Waals surface area (Å²) in [5.74, 6) is 0.981. The Hall–Kier alpha value is -2.10. The third kappa shape index (κ3) is 2.43. The highest BCUT2D eigenvalue weighted by molar-refractivity contribution is 5.37. The number of para-hydroxylation sites is 1. The Morgan fingerprint density at radius 2 is 2.07 bits per heavy atom. The van der Waals surface area contributed by atoms with Crippen LogP contribution in [0.5, 0.6) is 5.75 Å². The highest BCUT2D eigenvalue weighted by atomic mass is 16.3. The summed E-state index contributed by atoms with van der Waals surface area (Å²) >= 11 is 0. The summed E-state index contributed by atoms with van der Waals surface area (Å²) in [6, 6.07) is 7.20. The van der Waals surface area contributed by atoms with Crippen molar-refractivity contribution in [1.82, 2.24) is 9.97 Å². The minimum atomic E-state index is 0.286. The van der Waals surface area contributed by atoms with E-state index in [0.29, 0.717) is 12.4 Å². The molecular formula is C11H11N3O. The fourth-order valence-electron chi connectivity index (χ4n) is 1.24. The highest BCUT2D eigenvalue weighted by Crippen LogP contribution is 2.16. The summed E-state index contributed by atoms with van der Waals surface area (Å²) in [5.41, 5.74) is 0.836. The van der Waals surface area contributed by atoms with Crippen LogP contribution in [-0.2, 0) is 6.54 Å². The van der Waals surface area contributed by atoms with Gasteiger partial charge in [-0.3, -0.25) is 4.98 Å². The maximum Gasteiger partial charge on any atom is 0.144 e. The lowest BCUT2D eigenvalue weighted by Crippen LogP contribution is -2.01. The van der Waals surface area contributed by atoms with Crippen molar-refractivity contribution < 1.29 is 5.11 Å². The Balaban J connectivity index is 2.03. The number of aromatic hydroxyl groups is 1. The van der Waals surface area contributed by atoms with E-state index in [4.69, 9.17) is 0 Å². The average molecular weight is 201 g/mol. The molecule has 0 saturated carbocycles. The molecule has 76 valence electrons. The minimum Gasteiger partial charge on any atom is -0.508 e. The lowest BCUT2D eigenvalue weighted by Gasteiger charge is -2.06. The summed E-state index contributed by atoms with van der Waals surface area (Å²) in [6.45, 7) is 0.533. The van der Waals surface area contributed by atoms with E-state index in [1.807, 2.05) is 12.1 Å². The fourth-order valence-corrected chi connectivity index (χ4v) is 1.24. The molecule has 0 atom stereocenters. The molecule has 0 aliphatic carbocycles. The third-order valence-electron chi connectivity index (χ3n) is 2.01. The predicted octanol–water partition coefficient (Wildman–Crippen LogP) is 1.79. The second-order valence-corrected chi connectivity index (χ2v) is 3.07. The molecule has 2 aromatic rings. The molecule has 4 nitrogen and oxygen atoms in total. The van der Waals surface area contributed by atoms with Crippen molar-refractivity contribution in [1.29, 1.82) is 0 Å². The maximum atomic E-state index is 9.51. The molecule has 0 bridgehead atoms. The minimum absolute atomic E-state index is 0.286. The lowest BCUT2D eigenvalue weighted by atomic mass is 10.2. The van der Waals surface area contributed by atoms with Crippen molar-refractivity contribution >= 4 is 5.82 Å². The van der Waals surface area contributed by atoms with Gasteiger partial charge in [-0.25, -0.2) is 4.98 Å². The first-order valence-electron chi connectivity index (χ1n) is 4.63. The Bertz CT molecular complexity index is 431. The SMILES string of the molecule is Oc1ccccc1CNc1cnccn1. The number of rotatable bonds is 3. The van der Waals surface area contributed by atoms with Gasteiger partial charge in [-0.05, 0) is 6.07 Å². The largest absolute Gasteiger partial charge is 0.508 e. The number of hydrogen-bond donors (Lipinski definition) is 2. The van der Waals surface area contributed by atoms with Gasteiger partial charge in [0.05, 0.1) is 6.20 Å². The van der Waals surface area contributed by atoms with Crippen LogP contribution in [0.2, 0.25) is 0 Å². The van der Waals surface area contributed by atoms with Crippen LogP contribution in [0.4, 0.5) is 5.82 Å². The van der Waals surface area contributed by atoms with Crippen LogP contribution in [0.15, 0.2) is 42.9 Å². The van der Waals surface area contributed by atoms with Crippen LogP contribution < -0.4 is 5.32 Å². The molecule has 2 rings (SSSR count). The number of anilines is 1. The summed E-state index contributed by atoms with van der Waals surface area (Å²) in [4.78, 5) is 8.00. The molecule has 0 amide bonds. The predicted molar refractivity (Wildman–Crippen MR) is 57.5 cm³/mol. The third-order valence-corrected chi connectivity index (χ3v) is 2.01. The number of hydrogen-bond acceptors (Lipinski definition) is 4. The standard InChI is InChI=1S/C11H11N3O/c15-10-4-2-1-3-9(10)7-14-11-8-12-5-6-13-11/h1-6,8,15H,7H2,(H,13,14). The van der Waals surface area contributed by atoms with E-state index in [0.717, 1.165) is 5.56 Å². The first kappa shape index (κ1) is 9.45. The van der Waals surface area contributed by atoms with Crippen molar-refractivity contribution in [2.24, 2.45) is 0 Å². The maximum absolute atomic E-state index is 9.51. The molecule has 4 heteroatoms. The molecule has 1 aromatic carbocycles. The quantitative estimate of drug-likeness (QED) is 0.794. The van der Waals surface area contributed by atoms with Gasteiger partial charge >= 0.3 is 0 Å². The number of aromatic nitrogens is 2. The van der Waals surface area contributed by atoms with Crippen molar-refractivity contribution in [3.63, 3.8) is 0 Å². The second-order valence-electron chi connectivity index (χ2n) is 3.07. The van der Waals surface area contributed by atoms with Gasteiger partial charge < -0.3 is 10.4 Å². The second kappa shape index (κ2) is 4.41. The number of phenols is 1. The summed E-state index contributed by atoms with van der Waals surface area (Å²) < 4.78 is 0. The molecule has 0 fully saturated rings. The van der Waals surface area contributed by atoms with E-state index in [-0.39, 0.29) is 5.75 Å². The van der Waals surface area contributed by atoms with Gasteiger partial charge in [-0.15, -0.1) is 0 Å². The first-order valence-corrected chi connectivity index (χ1v) is 4.63. The van der Waals surface area contributed by atoms with Crippen LogP contribution in [0.25, 0.3) is 0 Å². The highest BCUT2D eigenvalue weighted by Gasteiger charge is 1.99. The normalized spacial score (nSPS) is 9.87. The molecule has 0 aliphatic rings. The van der Waals surface area contributed by atoms with Gasteiger partial charge in [0.2, 0.25) is 0 Å². The van der Waals surface area contributed by atoms with Gasteiger partial charge in [-0.2, -0.15) is 0 Å². The summed E-state index contributed by atoms with van der Waals surface area (Å²) in [6.07, 6.45) is 4.87. The van der Waals surface area contributed by atoms with Crippen molar-refractivity contribution in [3.8, 4) is 5.75 Å². The first-order chi connectivity index (χ1) is 7.36. The summed E-state index contributed by atoms with van der Waals surface area (Å²) in [7, 11) is 0. The average Bonchev–Trinajstić information content (AvgIpc) is 2.29. The van der Waals surface area contributed by atoms with Gasteiger partial charge in [0.15, 0.2) is 0 Å². The topological polar surface area (TPSA) is 58.0 Å². The van der Waals surface area contributed by atoms with Gasteiger partial charge in [0, 0.05) is 24.5 Å². The van der Waals surface area contributed by atoms with Gasteiger partial charge in [0.1, 0.15) is 11.6 Å². The molecular weight excluding hydrogens is 190 g/mol. The molecule has 0 radical (unpaired) electrons. The van der Waals surface area contributed by atoms with E-state index in [1.165, 1.54) is 0 Å². The summed E-state index contributed by atoms with van der Waals surface area (Å²) in [5, 5.41) is 12.6. The number of phenolic OH excluding ortho intramolecular Hbond substituents is 1. The molecule has 0 unspecified atom stereocenters. The molecule has 0 aliphatic heterocycles. The van der Waals surface area contributed by atoms with Crippen LogP contribution in [0.1, 0.15) is 5.56 Å². The van der Waals surface area contributed by atoms with E-state index in [1.54, 1.807) is 30.7 Å². The van der Waals surface area contributed by atoms with Gasteiger partial charge in [-0.1, -0.05) is 18.2 Å². The van der Waals surface area contributed by atoms with Crippen LogP contribution in [0.3, 0.4) is 0 Å². The number of nitrogens with one attached hydrogen (secondary N) is 1. The monoisotopic (exact) mass is 201 g/mol. The van der Waals surface area contributed by atoms with E-state index >= 15 is 0 Å². The smallest absolute Gasteiger partial charge is 0.144 e. The Morgan fingerprint density at radius 1 is 1.20 bits per heavy atom. The Morgan fingerprint density at radius 3 is 2.80 bits per heavy atom. The van der Waals surface area contributed by atoms with Crippen LogP contribution in [-0.4, -0.2) is 15.1 Å². The van der Waals surface area contributed by atoms with Crippen molar-refractivity contribution in [2.45, 2.75) is 6.54 Å². The fraction of sp³-hybridized carbons (Fsp3) is 0.0909. The van der Waals surface area contributed by atoms with Crippen LogP contribution in [0, 0.1) is 0 Å². The zero-order valence-electron chi connectivity index (χ0n) is 8.09. The molecule has 1 heterocycles. The number of benzene rings is 1. The zero-order valence-corrected chi connectivity index (χ0v) is 8.09. The zero-order chi connectivity index (χ0) is 10.5. The molecule has 0 spiro atoms. The molecule has 15 heavy (non-hydrogen) atoms. The molecule has 2 N–H and O–H groups in total. The van der Waals surface area contributed by atoms with E-state index in [9.17, 15) is 5.11 Å². The van der Waals surface area contributed by atoms with Gasteiger partial charge in [0.25, 0.3) is 0 Å². The van der Waals surface area contributed by atoms with E-state index in [2.05, 4.69) is 15.3 Å².